The lowest BCUT2D eigenvalue weighted by atomic mass is 10.1. The Morgan fingerprint density at radius 2 is 1.93 bits per heavy atom. The molecule has 9 heteroatoms. The van der Waals surface area contributed by atoms with Crippen LogP contribution in [0.1, 0.15) is 45.3 Å². The SMILES string of the molecule is Cc1ccc(C(=O)N2CC[C@@H](c3nc4c(c(=O)[nH]3)CCN(S(C)(=O)=O)C4)C2)cc1. The Morgan fingerprint density at radius 1 is 1.21 bits per heavy atom. The van der Waals surface area contributed by atoms with Gasteiger partial charge in [-0.2, -0.15) is 4.31 Å². The molecule has 29 heavy (non-hydrogen) atoms. The molecule has 1 N–H and O–H groups in total. The van der Waals surface area contributed by atoms with Gasteiger partial charge in [0.1, 0.15) is 5.82 Å². The minimum Gasteiger partial charge on any atom is -0.338 e. The Balaban J connectivity index is 1.54. The average molecular weight is 417 g/mol. The minimum absolute atomic E-state index is 0.0314. The molecule has 0 aliphatic carbocycles. The van der Waals surface area contributed by atoms with Crippen molar-refractivity contribution >= 4 is 15.9 Å². The van der Waals surface area contributed by atoms with E-state index < -0.39 is 10.0 Å². The van der Waals surface area contributed by atoms with Crippen LogP contribution < -0.4 is 5.56 Å². The maximum absolute atomic E-state index is 12.7. The van der Waals surface area contributed by atoms with Crippen LogP contribution in [0, 0.1) is 6.92 Å². The monoisotopic (exact) mass is 416 g/mol. The molecule has 1 aromatic carbocycles. The third-order valence-electron chi connectivity index (χ3n) is 5.69. The van der Waals surface area contributed by atoms with Crippen LogP contribution in [0.2, 0.25) is 0 Å². The summed E-state index contributed by atoms with van der Waals surface area (Å²) in [5, 5.41) is 0. The zero-order chi connectivity index (χ0) is 20.8. The van der Waals surface area contributed by atoms with Crippen molar-refractivity contribution in [1.82, 2.24) is 19.2 Å². The number of nitrogens with zero attached hydrogens (tertiary/aromatic N) is 3. The normalized spacial score (nSPS) is 19.9. The van der Waals surface area contributed by atoms with E-state index in [9.17, 15) is 18.0 Å². The summed E-state index contributed by atoms with van der Waals surface area (Å²) in [7, 11) is -3.34. The Bertz CT molecular complexity index is 1110. The summed E-state index contributed by atoms with van der Waals surface area (Å²) >= 11 is 0. The van der Waals surface area contributed by atoms with Crippen molar-refractivity contribution in [1.29, 1.82) is 0 Å². The number of sulfonamides is 1. The Morgan fingerprint density at radius 3 is 2.62 bits per heavy atom. The van der Waals surface area contributed by atoms with Gasteiger partial charge in [-0.25, -0.2) is 13.4 Å². The zero-order valence-corrected chi connectivity index (χ0v) is 17.3. The molecule has 1 aromatic heterocycles. The van der Waals surface area contributed by atoms with Crippen LogP contribution in [0.4, 0.5) is 0 Å². The molecular weight excluding hydrogens is 392 g/mol. The number of hydrogen-bond donors (Lipinski definition) is 1. The number of aromatic amines is 1. The summed E-state index contributed by atoms with van der Waals surface area (Å²) in [4.78, 5) is 34.5. The van der Waals surface area contributed by atoms with Gasteiger partial charge in [-0.3, -0.25) is 9.59 Å². The molecule has 4 rings (SSSR count). The van der Waals surface area contributed by atoms with Crippen LogP contribution in [0.15, 0.2) is 29.1 Å². The van der Waals surface area contributed by atoms with Crippen molar-refractivity contribution in [3.05, 3.63) is 62.8 Å². The van der Waals surface area contributed by atoms with Gasteiger partial charge in [0.25, 0.3) is 11.5 Å². The Labute approximate surface area is 169 Å². The standard InChI is InChI=1S/C20H24N4O4S/c1-13-3-5-14(6-4-13)20(26)23-9-7-15(11-23)18-21-17-12-24(29(2,27)28)10-8-16(17)19(25)22-18/h3-6,15H,7-12H2,1-2H3,(H,21,22,25)/t15-/m1/s1. The third kappa shape index (κ3) is 3.97. The second kappa shape index (κ2) is 7.38. The van der Waals surface area contributed by atoms with Crippen molar-refractivity contribution < 1.29 is 13.2 Å². The van der Waals surface area contributed by atoms with Gasteiger partial charge in [0.2, 0.25) is 10.0 Å². The van der Waals surface area contributed by atoms with E-state index in [1.807, 2.05) is 31.2 Å². The molecule has 1 amide bonds. The quantitative estimate of drug-likeness (QED) is 0.805. The maximum Gasteiger partial charge on any atom is 0.254 e. The summed E-state index contributed by atoms with van der Waals surface area (Å²) in [6, 6.07) is 7.47. The van der Waals surface area contributed by atoms with E-state index in [-0.39, 0.29) is 30.5 Å². The molecule has 8 nitrogen and oxygen atoms in total. The Hall–Kier alpha value is -2.52. The number of rotatable bonds is 3. The van der Waals surface area contributed by atoms with Crippen LogP contribution in [-0.4, -0.2) is 59.4 Å². The first-order chi connectivity index (χ1) is 13.7. The number of amides is 1. The number of H-pyrrole nitrogens is 1. The van der Waals surface area contributed by atoms with E-state index in [2.05, 4.69) is 9.97 Å². The number of hydrogen-bond acceptors (Lipinski definition) is 5. The molecule has 2 aliphatic heterocycles. The molecule has 154 valence electrons. The van der Waals surface area contributed by atoms with Gasteiger partial charge < -0.3 is 9.88 Å². The van der Waals surface area contributed by atoms with Crippen LogP contribution in [0.25, 0.3) is 0 Å². The van der Waals surface area contributed by atoms with Gasteiger partial charge in [0.05, 0.1) is 18.5 Å². The first-order valence-electron chi connectivity index (χ1n) is 9.65. The molecule has 0 bridgehead atoms. The molecule has 1 atom stereocenters. The summed E-state index contributed by atoms with van der Waals surface area (Å²) in [5.74, 6) is 0.426. The fourth-order valence-electron chi connectivity index (χ4n) is 3.96. The molecule has 0 spiro atoms. The molecule has 2 aromatic rings. The molecule has 3 heterocycles. The minimum atomic E-state index is -3.34. The lowest BCUT2D eigenvalue weighted by Gasteiger charge is -2.26. The largest absolute Gasteiger partial charge is 0.338 e. The fraction of sp³-hybridized carbons (Fsp3) is 0.450. The molecule has 2 aliphatic rings. The zero-order valence-electron chi connectivity index (χ0n) is 16.5. The molecule has 0 saturated carbocycles. The number of carbonyl (C=O) groups is 1. The third-order valence-corrected chi connectivity index (χ3v) is 6.94. The number of aromatic nitrogens is 2. The summed E-state index contributed by atoms with van der Waals surface area (Å²) in [6.45, 7) is 3.45. The molecule has 1 fully saturated rings. The number of nitrogens with one attached hydrogen (secondary N) is 1. The van der Waals surface area contributed by atoms with Gasteiger partial charge in [0, 0.05) is 36.7 Å². The van der Waals surface area contributed by atoms with Gasteiger partial charge in [-0.1, -0.05) is 17.7 Å². The summed E-state index contributed by atoms with van der Waals surface area (Å²) < 4.78 is 25.1. The molecular formula is C20H24N4O4S. The van der Waals surface area contributed by atoms with Crippen molar-refractivity contribution in [3.8, 4) is 0 Å². The number of aryl methyl sites for hydroxylation is 1. The van der Waals surface area contributed by atoms with Gasteiger partial charge in [0.15, 0.2) is 0 Å². The highest BCUT2D eigenvalue weighted by atomic mass is 32.2. The van der Waals surface area contributed by atoms with Crippen LogP contribution >= 0.6 is 0 Å². The van der Waals surface area contributed by atoms with Gasteiger partial charge in [-0.15, -0.1) is 0 Å². The molecule has 1 saturated heterocycles. The van der Waals surface area contributed by atoms with E-state index >= 15 is 0 Å². The fourth-order valence-corrected chi connectivity index (χ4v) is 4.74. The van der Waals surface area contributed by atoms with Crippen molar-refractivity contribution in [2.75, 3.05) is 25.9 Å². The van der Waals surface area contributed by atoms with Gasteiger partial charge in [-0.05, 0) is 31.9 Å². The van der Waals surface area contributed by atoms with Crippen LogP contribution in [0.3, 0.4) is 0 Å². The van der Waals surface area contributed by atoms with Crippen molar-refractivity contribution in [3.63, 3.8) is 0 Å². The predicted octanol–water partition coefficient (Wildman–Crippen LogP) is 1.03. The number of likely N-dealkylation sites (tertiary alicyclic amines) is 1. The first-order valence-corrected chi connectivity index (χ1v) is 11.5. The van der Waals surface area contributed by atoms with Crippen molar-refractivity contribution in [2.45, 2.75) is 32.2 Å². The first kappa shape index (κ1) is 19.8. The highest BCUT2D eigenvalue weighted by Gasteiger charge is 2.32. The van der Waals surface area contributed by atoms with Crippen molar-refractivity contribution in [2.24, 2.45) is 0 Å². The van der Waals surface area contributed by atoms with Crippen LogP contribution in [0.5, 0.6) is 0 Å². The second-order valence-corrected chi connectivity index (χ2v) is 9.81. The predicted molar refractivity (Wildman–Crippen MR) is 108 cm³/mol. The lowest BCUT2D eigenvalue weighted by Crippen LogP contribution is -2.39. The van der Waals surface area contributed by atoms with E-state index in [0.717, 1.165) is 11.8 Å². The lowest BCUT2D eigenvalue weighted by molar-refractivity contribution is 0.0790. The number of fused-ring (bicyclic) bond motifs is 1. The van der Waals surface area contributed by atoms with E-state index in [1.54, 1.807) is 4.90 Å². The topological polar surface area (TPSA) is 103 Å². The smallest absolute Gasteiger partial charge is 0.254 e. The summed E-state index contributed by atoms with van der Waals surface area (Å²) in [6.07, 6.45) is 2.22. The van der Waals surface area contributed by atoms with E-state index in [4.69, 9.17) is 0 Å². The van der Waals surface area contributed by atoms with Crippen LogP contribution in [-0.2, 0) is 23.0 Å². The maximum atomic E-state index is 12.7. The van der Waals surface area contributed by atoms with E-state index in [0.29, 0.717) is 48.6 Å². The highest BCUT2D eigenvalue weighted by Crippen LogP contribution is 2.27. The molecule has 0 radical (unpaired) electrons. The molecule has 0 unspecified atom stereocenters. The average Bonchev–Trinajstić information content (AvgIpc) is 3.17. The highest BCUT2D eigenvalue weighted by molar-refractivity contribution is 7.88. The van der Waals surface area contributed by atoms with Gasteiger partial charge >= 0.3 is 0 Å². The summed E-state index contributed by atoms with van der Waals surface area (Å²) in [5.41, 5.74) is 2.61. The second-order valence-electron chi connectivity index (χ2n) is 7.83. The van der Waals surface area contributed by atoms with E-state index in [1.165, 1.54) is 4.31 Å². The Kier molecular flexibility index (Phi) is 5.04. The number of benzene rings is 1. The number of carbonyl (C=O) groups excluding carboxylic acids is 1.